The maximum atomic E-state index is 13.3. The fourth-order valence-corrected chi connectivity index (χ4v) is 6.29. The molecule has 0 aliphatic carbocycles. The van der Waals surface area contributed by atoms with Crippen molar-refractivity contribution in [2.75, 3.05) is 19.0 Å². The lowest BCUT2D eigenvalue weighted by Gasteiger charge is -2.24. The predicted molar refractivity (Wildman–Crippen MR) is 122 cm³/mol. The van der Waals surface area contributed by atoms with Gasteiger partial charge in [0.15, 0.2) is 0 Å². The van der Waals surface area contributed by atoms with Gasteiger partial charge in [0.05, 0.1) is 32.5 Å². The maximum Gasteiger partial charge on any atom is 0.416 e. The Morgan fingerprint density at radius 3 is 2.18 bits per heavy atom. The Labute approximate surface area is 212 Å². The van der Waals surface area contributed by atoms with Gasteiger partial charge in [-0.3, -0.25) is 4.90 Å². The molecule has 2 fully saturated rings. The molecule has 0 spiro atoms. The van der Waals surface area contributed by atoms with Crippen molar-refractivity contribution >= 4 is 50.4 Å². The number of hydrogen-bond acceptors (Lipinski definition) is 4. The Morgan fingerprint density at radius 2 is 1.65 bits per heavy atom. The summed E-state index contributed by atoms with van der Waals surface area (Å²) in [6.45, 7) is 0. The Bertz CT molecular complexity index is 1110. The van der Waals surface area contributed by atoms with Crippen molar-refractivity contribution in [3.63, 3.8) is 0 Å². The van der Waals surface area contributed by atoms with Crippen LogP contribution in [0.4, 0.5) is 37.0 Å². The number of anilines is 1. The molecule has 5 nitrogen and oxygen atoms in total. The molecule has 0 bridgehead atoms. The summed E-state index contributed by atoms with van der Waals surface area (Å²) in [6, 6.07) is 1.87. The lowest BCUT2D eigenvalue weighted by molar-refractivity contribution is -0.143. The zero-order valence-corrected chi connectivity index (χ0v) is 21.4. The molecule has 1 aromatic carbocycles. The number of fused-ring (bicyclic) bond motifs is 1. The highest BCUT2D eigenvalue weighted by Crippen LogP contribution is 2.49. The molecule has 2 aliphatic heterocycles. The summed E-state index contributed by atoms with van der Waals surface area (Å²) in [5, 5.41) is 0. The number of nitrogens with zero attached hydrogens (tertiary/aromatic N) is 3. The van der Waals surface area contributed by atoms with Gasteiger partial charge < -0.3 is 9.64 Å². The van der Waals surface area contributed by atoms with Crippen molar-refractivity contribution in [3.05, 3.63) is 54.7 Å². The first-order chi connectivity index (χ1) is 15.7. The van der Waals surface area contributed by atoms with E-state index < -0.39 is 47.8 Å². The monoisotopic (exact) mass is 663 g/mol. The van der Waals surface area contributed by atoms with Gasteiger partial charge >= 0.3 is 18.4 Å². The van der Waals surface area contributed by atoms with Gasteiger partial charge in [0, 0.05) is 18.6 Å². The van der Waals surface area contributed by atoms with E-state index in [9.17, 15) is 31.1 Å². The highest BCUT2D eigenvalue weighted by atomic mass is 127. The second-order valence-corrected chi connectivity index (χ2v) is 10.3. The molecule has 0 radical (unpaired) electrons. The van der Waals surface area contributed by atoms with E-state index in [2.05, 4.69) is 43.5 Å². The number of pyridine rings is 1. The SMILES string of the molecule is CN(C)c1nc([C@@H]2CC[C@H]3[C@@H](c4cc(C(F)(F)F)cc(C(F)(F)F)c4)OC(=O)N23)c(Br)cc1I. The number of benzene rings is 1. The third kappa shape index (κ3) is 4.56. The second-order valence-electron chi connectivity index (χ2n) is 8.27. The number of hydrogen-bond donors (Lipinski definition) is 0. The Kier molecular flexibility index (Phi) is 6.49. The average molecular weight is 664 g/mol. The first-order valence-electron chi connectivity index (χ1n) is 10.00. The van der Waals surface area contributed by atoms with Crippen molar-refractivity contribution in [1.82, 2.24) is 9.88 Å². The van der Waals surface area contributed by atoms with Gasteiger partial charge in [-0.25, -0.2) is 9.78 Å². The molecular weight excluding hydrogens is 647 g/mol. The van der Waals surface area contributed by atoms with Crippen LogP contribution in [-0.4, -0.2) is 36.1 Å². The van der Waals surface area contributed by atoms with Crippen LogP contribution in [0, 0.1) is 3.57 Å². The van der Waals surface area contributed by atoms with Crippen LogP contribution in [0.3, 0.4) is 0 Å². The minimum absolute atomic E-state index is 0.0604. The van der Waals surface area contributed by atoms with E-state index in [4.69, 9.17) is 4.74 Å². The molecule has 184 valence electrons. The number of rotatable bonds is 3. The lowest BCUT2D eigenvalue weighted by Crippen LogP contribution is -2.31. The zero-order valence-electron chi connectivity index (χ0n) is 17.6. The molecular formula is C21H17BrF6IN3O2. The molecule has 4 rings (SSSR count). The number of ether oxygens (including phenoxy) is 1. The molecule has 0 unspecified atom stereocenters. The highest BCUT2D eigenvalue weighted by molar-refractivity contribution is 14.1. The third-order valence-electron chi connectivity index (χ3n) is 5.83. The molecule has 0 saturated carbocycles. The molecule has 3 atom stereocenters. The van der Waals surface area contributed by atoms with Crippen LogP contribution in [0.15, 0.2) is 28.7 Å². The van der Waals surface area contributed by atoms with Crippen LogP contribution in [0.5, 0.6) is 0 Å². The first-order valence-corrected chi connectivity index (χ1v) is 11.9. The Balaban J connectivity index is 1.73. The van der Waals surface area contributed by atoms with Gasteiger partial charge in [0.1, 0.15) is 11.9 Å². The van der Waals surface area contributed by atoms with E-state index >= 15 is 0 Å². The van der Waals surface area contributed by atoms with Crippen molar-refractivity contribution in [1.29, 1.82) is 0 Å². The number of amides is 1. The summed E-state index contributed by atoms with van der Waals surface area (Å²) < 4.78 is 86.8. The van der Waals surface area contributed by atoms with Crippen molar-refractivity contribution in [2.24, 2.45) is 0 Å². The Hall–Kier alpha value is -1.77. The molecule has 3 heterocycles. The van der Waals surface area contributed by atoms with Crippen molar-refractivity contribution in [3.8, 4) is 0 Å². The van der Waals surface area contributed by atoms with E-state index in [1.165, 1.54) is 4.90 Å². The molecule has 0 N–H and O–H groups in total. The summed E-state index contributed by atoms with van der Waals surface area (Å²) in [5.41, 5.74) is -2.69. The molecule has 2 aliphatic rings. The summed E-state index contributed by atoms with van der Waals surface area (Å²) >= 11 is 5.59. The summed E-state index contributed by atoms with van der Waals surface area (Å²) in [6.07, 6.45) is -11.3. The third-order valence-corrected chi connectivity index (χ3v) is 7.26. The second kappa shape index (κ2) is 8.71. The maximum absolute atomic E-state index is 13.3. The molecule has 1 aromatic heterocycles. The molecule has 2 aromatic rings. The van der Waals surface area contributed by atoms with Gasteiger partial charge in [0.2, 0.25) is 0 Å². The van der Waals surface area contributed by atoms with E-state index in [0.29, 0.717) is 41.0 Å². The van der Waals surface area contributed by atoms with Gasteiger partial charge in [0.25, 0.3) is 0 Å². The fourth-order valence-electron chi connectivity index (χ4n) is 4.37. The van der Waals surface area contributed by atoms with Crippen LogP contribution < -0.4 is 4.90 Å². The quantitative estimate of drug-likeness (QED) is 0.264. The minimum atomic E-state index is -4.99. The standard InChI is InChI=1S/C21H17BrF6IN3O2/c1-31(2)18-13(29)8-12(22)16(30-18)14-3-4-15-17(34-19(33)32(14)15)9-5-10(20(23,24)25)7-11(6-9)21(26,27)28/h5-8,14-15,17H,3-4H2,1-2H3/t14-,15-,17+/m0/s1. The van der Waals surface area contributed by atoms with Crippen LogP contribution in [-0.2, 0) is 17.1 Å². The summed E-state index contributed by atoms with van der Waals surface area (Å²) in [7, 11) is 3.62. The zero-order chi connectivity index (χ0) is 25.2. The fraction of sp³-hybridized carbons (Fsp3) is 0.429. The average Bonchev–Trinajstić information content (AvgIpc) is 3.27. The van der Waals surface area contributed by atoms with Gasteiger partial charge in [-0.2, -0.15) is 26.3 Å². The van der Waals surface area contributed by atoms with E-state index in [-0.39, 0.29) is 11.6 Å². The minimum Gasteiger partial charge on any atom is -0.439 e. The number of aromatic nitrogens is 1. The van der Waals surface area contributed by atoms with Crippen molar-refractivity contribution in [2.45, 2.75) is 43.4 Å². The topological polar surface area (TPSA) is 45.7 Å². The molecule has 13 heteroatoms. The summed E-state index contributed by atoms with van der Waals surface area (Å²) in [5.74, 6) is 0.666. The van der Waals surface area contributed by atoms with Gasteiger partial charge in [-0.05, 0) is 81.2 Å². The predicted octanol–water partition coefficient (Wildman–Crippen LogP) is 6.95. The van der Waals surface area contributed by atoms with Crippen LogP contribution >= 0.6 is 38.5 Å². The molecule has 1 amide bonds. The van der Waals surface area contributed by atoms with E-state index in [1.54, 1.807) is 4.90 Å². The smallest absolute Gasteiger partial charge is 0.416 e. The number of carbonyl (C=O) groups is 1. The first kappa shape index (κ1) is 25.3. The van der Waals surface area contributed by atoms with Crippen molar-refractivity contribution < 1.29 is 35.9 Å². The lowest BCUT2D eigenvalue weighted by atomic mass is 9.96. The highest BCUT2D eigenvalue weighted by Gasteiger charge is 2.52. The van der Waals surface area contributed by atoms with Crippen LogP contribution in [0.2, 0.25) is 0 Å². The van der Waals surface area contributed by atoms with E-state index in [1.807, 2.05) is 20.2 Å². The number of halogens is 8. The number of carbonyl (C=O) groups excluding carboxylic acids is 1. The Morgan fingerprint density at radius 1 is 1.06 bits per heavy atom. The summed E-state index contributed by atoms with van der Waals surface area (Å²) in [4.78, 5) is 20.6. The normalized spacial score (nSPS) is 22.7. The molecule has 34 heavy (non-hydrogen) atoms. The number of alkyl halides is 6. The van der Waals surface area contributed by atoms with E-state index in [0.717, 1.165) is 3.57 Å². The number of cyclic esters (lactones) is 1. The van der Waals surface area contributed by atoms with Crippen LogP contribution in [0.25, 0.3) is 0 Å². The largest absolute Gasteiger partial charge is 0.439 e. The van der Waals surface area contributed by atoms with Gasteiger partial charge in [-0.1, -0.05) is 0 Å². The van der Waals surface area contributed by atoms with Crippen LogP contribution in [0.1, 0.15) is 47.4 Å². The van der Waals surface area contributed by atoms with Gasteiger partial charge in [-0.15, -0.1) is 0 Å². The molecule has 2 saturated heterocycles.